The Morgan fingerprint density at radius 1 is 0.879 bits per heavy atom. The number of ketones is 1. The number of fused-ring (bicyclic) bond motifs is 1. The van der Waals surface area contributed by atoms with Gasteiger partial charge in [-0.2, -0.15) is 0 Å². The van der Waals surface area contributed by atoms with Crippen LogP contribution in [0, 0.1) is 6.92 Å². The number of methoxy groups -OCH3 is 2. The Balaban J connectivity index is 1.58. The molecule has 1 aliphatic heterocycles. The number of Topliss-reactive ketones (excluding diaryl/α,β-unsaturated/α-hetero) is 1. The summed E-state index contributed by atoms with van der Waals surface area (Å²) in [4.78, 5) is 37.1. The highest BCUT2D eigenvalue weighted by atomic mass is 16.5. The molecule has 0 aliphatic carbocycles. The van der Waals surface area contributed by atoms with Crippen LogP contribution >= 0.6 is 0 Å². The highest BCUT2D eigenvalue weighted by Crippen LogP contribution is 2.39. The van der Waals surface area contributed by atoms with Crippen LogP contribution in [-0.4, -0.2) is 31.9 Å². The second-order valence-corrected chi connectivity index (χ2v) is 7.21. The first-order valence-electron chi connectivity index (χ1n) is 10.0. The summed E-state index contributed by atoms with van der Waals surface area (Å²) in [6.45, 7) is 1.71. The number of carbonyl (C=O) groups excluding carboxylic acids is 3. The van der Waals surface area contributed by atoms with Gasteiger partial charge < -0.3 is 18.9 Å². The number of allylic oxidation sites excluding steroid dienone is 1. The van der Waals surface area contributed by atoms with Gasteiger partial charge >= 0.3 is 11.9 Å². The van der Waals surface area contributed by atoms with Gasteiger partial charge in [0.05, 0.1) is 25.3 Å². The molecule has 33 heavy (non-hydrogen) atoms. The number of hydrogen-bond donors (Lipinski definition) is 0. The molecule has 0 unspecified atom stereocenters. The molecule has 1 aliphatic rings. The summed E-state index contributed by atoms with van der Waals surface area (Å²) in [5, 5.41) is 0. The SMILES string of the molecule is COC(=O)c1ccc(/C=C2\Oc3c(ccc(OC(=O)c4ccccc4OC)c3C)C2=O)cc1. The molecule has 1 heterocycles. The minimum Gasteiger partial charge on any atom is -0.496 e. The van der Waals surface area contributed by atoms with Gasteiger partial charge in [0.25, 0.3) is 0 Å². The highest BCUT2D eigenvalue weighted by molar-refractivity contribution is 6.15. The Bertz CT molecular complexity index is 1290. The topological polar surface area (TPSA) is 88.1 Å². The van der Waals surface area contributed by atoms with Gasteiger partial charge in [0.15, 0.2) is 5.76 Å². The molecule has 0 saturated carbocycles. The van der Waals surface area contributed by atoms with Gasteiger partial charge in [0.2, 0.25) is 5.78 Å². The van der Waals surface area contributed by atoms with Crippen LogP contribution in [0.3, 0.4) is 0 Å². The Morgan fingerprint density at radius 3 is 2.30 bits per heavy atom. The summed E-state index contributed by atoms with van der Waals surface area (Å²) in [6, 6.07) is 16.5. The van der Waals surface area contributed by atoms with Crippen LogP contribution in [0.2, 0.25) is 0 Å². The number of benzene rings is 3. The number of ether oxygens (including phenoxy) is 4. The van der Waals surface area contributed by atoms with Crippen molar-refractivity contribution in [2.24, 2.45) is 0 Å². The quantitative estimate of drug-likeness (QED) is 0.322. The normalized spacial score (nSPS) is 13.3. The number of carbonyl (C=O) groups is 3. The van der Waals surface area contributed by atoms with E-state index in [0.717, 1.165) is 0 Å². The summed E-state index contributed by atoms with van der Waals surface area (Å²) in [7, 11) is 2.79. The van der Waals surface area contributed by atoms with Crippen LogP contribution in [0.1, 0.15) is 42.2 Å². The summed E-state index contributed by atoms with van der Waals surface area (Å²) in [6.07, 6.45) is 1.59. The van der Waals surface area contributed by atoms with Crippen molar-refractivity contribution in [3.05, 3.63) is 94.2 Å². The van der Waals surface area contributed by atoms with E-state index >= 15 is 0 Å². The molecular formula is C26H20O7. The maximum absolute atomic E-state index is 12.8. The van der Waals surface area contributed by atoms with Gasteiger partial charge in [-0.05, 0) is 55.0 Å². The van der Waals surface area contributed by atoms with E-state index in [1.807, 2.05) is 0 Å². The zero-order valence-electron chi connectivity index (χ0n) is 18.2. The fourth-order valence-electron chi connectivity index (χ4n) is 3.43. The lowest BCUT2D eigenvalue weighted by Gasteiger charge is -2.11. The molecule has 0 fully saturated rings. The molecule has 0 saturated heterocycles. The van der Waals surface area contributed by atoms with E-state index in [4.69, 9.17) is 14.2 Å². The first kappa shape index (κ1) is 21.8. The molecule has 7 nitrogen and oxygen atoms in total. The Morgan fingerprint density at radius 2 is 1.61 bits per heavy atom. The maximum atomic E-state index is 12.8. The number of hydrogen-bond acceptors (Lipinski definition) is 7. The van der Waals surface area contributed by atoms with Crippen molar-refractivity contribution in [2.45, 2.75) is 6.92 Å². The highest BCUT2D eigenvalue weighted by Gasteiger charge is 2.30. The summed E-state index contributed by atoms with van der Waals surface area (Å²) in [5.74, 6) is -0.165. The second-order valence-electron chi connectivity index (χ2n) is 7.21. The van der Waals surface area contributed by atoms with Crippen LogP contribution in [0.5, 0.6) is 17.2 Å². The molecule has 4 rings (SSSR count). The third kappa shape index (κ3) is 4.21. The predicted molar refractivity (Wildman–Crippen MR) is 120 cm³/mol. The number of esters is 2. The van der Waals surface area contributed by atoms with E-state index in [0.29, 0.717) is 33.8 Å². The largest absolute Gasteiger partial charge is 0.496 e. The van der Waals surface area contributed by atoms with E-state index in [9.17, 15) is 14.4 Å². The van der Waals surface area contributed by atoms with Crippen molar-refractivity contribution < 1.29 is 33.3 Å². The summed E-state index contributed by atoms with van der Waals surface area (Å²) in [5.41, 5.74) is 2.27. The predicted octanol–water partition coefficient (Wildman–Crippen LogP) is 4.63. The van der Waals surface area contributed by atoms with Crippen molar-refractivity contribution in [3.8, 4) is 17.2 Å². The Hall–Kier alpha value is -4.39. The molecule has 3 aromatic rings. The molecule has 166 valence electrons. The van der Waals surface area contributed by atoms with Crippen molar-refractivity contribution in [1.82, 2.24) is 0 Å². The van der Waals surface area contributed by atoms with Gasteiger partial charge in [0, 0.05) is 5.56 Å². The Kier molecular flexibility index (Phi) is 5.95. The van der Waals surface area contributed by atoms with E-state index < -0.39 is 11.9 Å². The molecule has 0 bridgehead atoms. The molecular weight excluding hydrogens is 424 g/mol. The van der Waals surface area contributed by atoms with Crippen LogP contribution in [0.4, 0.5) is 0 Å². The number of rotatable bonds is 5. The average molecular weight is 444 g/mol. The fraction of sp³-hybridized carbons (Fsp3) is 0.115. The molecule has 0 radical (unpaired) electrons. The minimum absolute atomic E-state index is 0.132. The maximum Gasteiger partial charge on any atom is 0.347 e. The van der Waals surface area contributed by atoms with Crippen LogP contribution < -0.4 is 14.2 Å². The Labute approximate surface area is 190 Å². The average Bonchev–Trinajstić information content (AvgIpc) is 3.16. The monoisotopic (exact) mass is 444 g/mol. The van der Waals surface area contributed by atoms with Crippen LogP contribution in [0.15, 0.2) is 66.4 Å². The standard InChI is InChI=1S/C26H20O7/c1-15-20(33-26(29)18-6-4-5-7-21(18)30-2)13-12-19-23(27)22(32-24(15)19)14-16-8-10-17(11-9-16)25(28)31-3/h4-14H,1-3H3/b22-14-. The zero-order valence-corrected chi connectivity index (χ0v) is 18.2. The smallest absolute Gasteiger partial charge is 0.347 e. The molecule has 7 heteroatoms. The van der Waals surface area contributed by atoms with E-state index in [1.54, 1.807) is 73.7 Å². The van der Waals surface area contributed by atoms with Gasteiger partial charge in [0.1, 0.15) is 22.8 Å². The van der Waals surface area contributed by atoms with Gasteiger partial charge in [-0.1, -0.05) is 24.3 Å². The van der Waals surface area contributed by atoms with Crippen molar-refractivity contribution in [1.29, 1.82) is 0 Å². The van der Waals surface area contributed by atoms with Crippen LogP contribution in [0.25, 0.3) is 6.08 Å². The molecule has 0 N–H and O–H groups in total. The lowest BCUT2D eigenvalue weighted by atomic mass is 10.1. The van der Waals surface area contributed by atoms with Crippen molar-refractivity contribution >= 4 is 23.8 Å². The summed E-state index contributed by atoms with van der Waals surface area (Å²) >= 11 is 0. The second kappa shape index (κ2) is 9.00. The molecule has 0 aromatic heterocycles. The van der Waals surface area contributed by atoms with Gasteiger partial charge in [-0.15, -0.1) is 0 Å². The first-order chi connectivity index (χ1) is 15.9. The molecule has 0 spiro atoms. The summed E-state index contributed by atoms with van der Waals surface area (Å²) < 4.78 is 21.3. The van der Waals surface area contributed by atoms with E-state index in [-0.39, 0.29) is 22.9 Å². The zero-order chi connectivity index (χ0) is 23.5. The third-order valence-electron chi connectivity index (χ3n) is 5.20. The fourth-order valence-corrected chi connectivity index (χ4v) is 3.43. The first-order valence-corrected chi connectivity index (χ1v) is 10.0. The minimum atomic E-state index is -0.582. The van der Waals surface area contributed by atoms with Crippen LogP contribution in [-0.2, 0) is 4.74 Å². The van der Waals surface area contributed by atoms with Crippen molar-refractivity contribution in [3.63, 3.8) is 0 Å². The van der Waals surface area contributed by atoms with Crippen molar-refractivity contribution in [2.75, 3.05) is 14.2 Å². The number of para-hydroxylation sites is 1. The van der Waals surface area contributed by atoms with E-state index in [2.05, 4.69) is 4.74 Å². The lowest BCUT2D eigenvalue weighted by molar-refractivity contribution is 0.0600. The lowest BCUT2D eigenvalue weighted by Crippen LogP contribution is -2.11. The molecule has 3 aromatic carbocycles. The third-order valence-corrected chi connectivity index (χ3v) is 5.20. The van der Waals surface area contributed by atoms with Gasteiger partial charge in [-0.3, -0.25) is 4.79 Å². The van der Waals surface area contributed by atoms with E-state index in [1.165, 1.54) is 14.2 Å². The molecule has 0 atom stereocenters. The molecule has 0 amide bonds. The van der Waals surface area contributed by atoms with Gasteiger partial charge in [-0.25, -0.2) is 9.59 Å².